The number of nitrogens with one attached hydrogen (secondary N) is 1. The monoisotopic (exact) mass is 241 g/mol. The van der Waals surface area contributed by atoms with Gasteiger partial charge in [-0.3, -0.25) is 4.79 Å². The van der Waals surface area contributed by atoms with E-state index in [1.165, 1.54) is 0 Å². The van der Waals surface area contributed by atoms with Gasteiger partial charge in [-0.2, -0.15) is 0 Å². The SMILES string of the molecule is Cc1cc(Cl)ccc1C(=O)NC(C)(C)CO. The van der Waals surface area contributed by atoms with Crippen LogP contribution in [0.15, 0.2) is 18.2 Å². The summed E-state index contributed by atoms with van der Waals surface area (Å²) in [7, 11) is 0. The molecule has 1 aromatic rings. The Hall–Kier alpha value is -1.06. The summed E-state index contributed by atoms with van der Waals surface area (Å²) in [6.07, 6.45) is 0. The summed E-state index contributed by atoms with van der Waals surface area (Å²) < 4.78 is 0. The van der Waals surface area contributed by atoms with Gasteiger partial charge in [0.05, 0.1) is 12.1 Å². The zero-order valence-electron chi connectivity index (χ0n) is 9.67. The lowest BCUT2D eigenvalue weighted by molar-refractivity contribution is 0.0869. The van der Waals surface area contributed by atoms with E-state index in [-0.39, 0.29) is 12.5 Å². The Morgan fingerprint density at radius 1 is 1.50 bits per heavy atom. The molecular formula is C12H16ClNO2. The standard InChI is InChI=1S/C12H16ClNO2/c1-8-6-9(13)4-5-10(8)11(16)14-12(2,3)7-15/h4-6,15H,7H2,1-3H3,(H,14,16). The molecule has 0 aliphatic heterocycles. The average Bonchev–Trinajstić information content (AvgIpc) is 2.16. The van der Waals surface area contributed by atoms with E-state index in [0.717, 1.165) is 5.56 Å². The van der Waals surface area contributed by atoms with Crippen molar-refractivity contribution in [3.63, 3.8) is 0 Å². The number of hydrogen-bond donors (Lipinski definition) is 2. The summed E-state index contributed by atoms with van der Waals surface area (Å²) in [6.45, 7) is 5.24. The van der Waals surface area contributed by atoms with Gasteiger partial charge in [0.1, 0.15) is 0 Å². The third kappa shape index (κ3) is 3.22. The summed E-state index contributed by atoms with van der Waals surface area (Å²) in [4.78, 5) is 11.9. The molecule has 0 saturated carbocycles. The summed E-state index contributed by atoms with van der Waals surface area (Å²) in [5, 5.41) is 12.4. The number of aliphatic hydroxyl groups is 1. The second-order valence-electron chi connectivity index (χ2n) is 4.46. The second-order valence-corrected chi connectivity index (χ2v) is 4.89. The van der Waals surface area contributed by atoms with Gasteiger partial charge in [0.2, 0.25) is 0 Å². The van der Waals surface area contributed by atoms with E-state index in [2.05, 4.69) is 5.32 Å². The van der Waals surface area contributed by atoms with E-state index in [1.807, 2.05) is 6.92 Å². The Bertz CT molecular complexity index is 402. The first-order valence-corrected chi connectivity index (χ1v) is 5.43. The number of aliphatic hydroxyl groups excluding tert-OH is 1. The number of rotatable bonds is 3. The fourth-order valence-electron chi connectivity index (χ4n) is 1.30. The first-order chi connectivity index (χ1) is 7.35. The van der Waals surface area contributed by atoms with E-state index in [9.17, 15) is 4.79 Å². The quantitative estimate of drug-likeness (QED) is 0.852. The fourth-order valence-corrected chi connectivity index (χ4v) is 1.52. The molecule has 0 atom stereocenters. The number of carbonyl (C=O) groups excluding carboxylic acids is 1. The maximum atomic E-state index is 11.9. The zero-order valence-corrected chi connectivity index (χ0v) is 10.4. The number of aryl methyl sites for hydroxylation is 1. The molecule has 3 nitrogen and oxygen atoms in total. The van der Waals surface area contributed by atoms with Crippen molar-refractivity contribution in [1.82, 2.24) is 5.32 Å². The largest absolute Gasteiger partial charge is 0.394 e. The summed E-state index contributed by atoms with van der Waals surface area (Å²) in [5.41, 5.74) is 0.771. The minimum absolute atomic E-state index is 0.106. The van der Waals surface area contributed by atoms with Gasteiger partial charge >= 0.3 is 0 Å². The highest BCUT2D eigenvalue weighted by Crippen LogP contribution is 2.16. The van der Waals surface area contributed by atoms with Crippen LogP contribution in [0, 0.1) is 6.92 Å². The molecular weight excluding hydrogens is 226 g/mol. The van der Waals surface area contributed by atoms with Crippen molar-refractivity contribution in [3.05, 3.63) is 34.3 Å². The van der Waals surface area contributed by atoms with Crippen LogP contribution in [0.5, 0.6) is 0 Å². The molecule has 2 N–H and O–H groups in total. The van der Waals surface area contributed by atoms with Crippen LogP contribution in [-0.2, 0) is 0 Å². The molecule has 0 aromatic heterocycles. The second kappa shape index (κ2) is 4.85. The van der Waals surface area contributed by atoms with Gasteiger partial charge in [-0.05, 0) is 44.5 Å². The summed E-state index contributed by atoms with van der Waals surface area (Å²) in [5.74, 6) is -0.201. The Balaban J connectivity index is 2.89. The van der Waals surface area contributed by atoms with Crippen LogP contribution in [0.2, 0.25) is 5.02 Å². The first kappa shape index (κ1) is 13.0. The van der Waals surface area contributed by atoms with Gasteiger partial charge < -0.3 is 10.4 Å². The van der Waals surface area contributed by atoms with Gasteiger partial charge in [0, 0.05) is 10.6 Å². The van der Waals surface area contributed by atoms with Gasteiger partial charge in [-0.15, -0.1) is 0 Å². The maximum absolute atomic E-state index is 11.9. The number of carbonyl (C=O) groups is 1. The van der Waals surface area contributed by atoms with Crippen LogP contribution >= 0.6 is 11.6 Å². The van der Waals surface area contributed by atoms with Crippen molar-refractivity contribution in [2.75, 3.05) is 6.61 Å². The molecule has 0 aliphatic carbocycles. The van der Waals surface area contributed by atoms with Crippen LogP contribution in [-0.4, -0.2) is 23.2 Å². The van der Waals surface area contributed by atoms with Crippen molar-refractivity contribution in [2.24, 2.45) is 0 Å². The van der Waals surface area contributed by atoms with Crippen LogP contribution < -0.4 is 5.32 Å². The molecule has 0 radical (unpaired) electrons. The smallest absolute Gasteiger partial charge is 0.252 e. The lowest BCUT2D eigenvalue weighted by Gasteiger charge is -2.23. The fraction of sp³-hybridized carbons (Fsp3) is 0.417. The predicted molar refractivity (Wildman–Crippen MR) is 64.8 cm³/mol. The van der Waals surface area contributed by atoms with E-state index < -0.39 is 5.54 Å². The molecule has 0 spiro atoms. The van der Waals surface area contributed by atoms with E-state index >= 15 is 0 Å². The van der Waals surface area contributed by atoms with Crippen LogP contribution in [0.4, 0.5) is 0 Å². The Labute approximate surface area is 100 Å². The normalized spacial score (nSPS) is 11.3. The lowest BCUT2D eigenvalue weighted by Crippen LogP contribution is -2.46. The van der Waals surface area contributed by atoms with E-state index in [0.29, 0.717) is 10.6 Å². The van der Waals surface area contributed by atoms with Crippen molar-refractivity contribution >= 4 is 17.5 Å². The predicted octanol–water partition coefficient (Wildman–Crippen LogP) is 2.15. The number of hydrogen-bond acceptors (Lipinski definition) is 2. The Morgan fingerprint density at radius 3 is 2.62 bits per heavy atom. The molecule has 0 unspecified atom stereocenters. The molecule has 88 valence electrons. The van der Waals surface area contributed by atoms with Crippen molar-refractivity contribution in [1.29, 1.82) is 0 Å². The molecule has 1 aromatic carbocycles. The molecule has 0 saturated heterocycles. The molecule has 1 rings (SSSR count). The van der Waals surface area contributed by atoms with E-state index in [1.54, 1.807) is 32.0 Å². The summed E-state index contributed by atoms with van der Waals surface area (Å²) >= 11 is 5.81. The van der Waals surface area contributed by atoms with Crippen LogP contribution in [0.1, 0.15) is 29.8 Å². The molecule has 4 heteroatoms. The van der Waals surface area contributed by atoms with Crippen molar-refractivity contribution in [2.45, 2.75) is 26.3 Å². The Morgan fingerprint density at radius 2 is 2.12 bits per heavy atom. The number of amides is 1. The van der Waals surface area contributed by atoms with Crippen LogP contribution in [0.3, 0.4) is 0 Å². The molecule has 0 heterocycles. The summed E-state index contributed by atoms with van der Waals surface area (Å²) in [6, 6.07) is 5.10. The minimum Gasteiger partial charge on any atom is -0.394 e. The van der Waals surface area contributed by atoms with Gasteiger partial charge in [0.15, 0.2) is 0 Å². The minimum atomic E-state index is -0.622. The number of benzene rings is 1. The third-order valence-electron chi connectivity index (χ3n) is 2.28. The molecule has 1 amide bonds. The highest BCUT2D eigenvalue weighted by atomic mass is 35.5. The topological polar surface area (TPSA) is 49.3 Å². The zero-order chi connectivity index (χ0) is 12.3. The molecule has 16 heavy (non-hydrogen) atoms. The maximum Gasteiger partial charge on any atom is 0.252 e. The molecule has 0 fully saturated rings. The third-order valence-corrected chi connectivity index (χ3v) is 2.52. The lowest BCUT2D eigenvalue weighted by atomic mass is 10.0. The van der Waals surface area contributed by atoms with Crippen molar-refractivity contribution < 1.29 is 9.90 Å². The molecule has 0 aliphatic rings. The van der Waals surface area contributed by atoms with Gasteiger partial charge in [-0.1, -0.05) is 11.6 Å². The highest BCUT2D eigenvalue weighted by molar-refractivity contribution is 6.30. The Kier molecular flexibility index (Phi) is 3.94. The first-order valence-electron chi connectivity index (χ1n) is 5.05. The van der Waals surface area contributed by atoms with Gasteiger partial charge in [-0.25, -0.2) is 0 Å². The van der Waals surface area contributed by atoms with Crippen molar-refractivity contribution in [3.8, 4) is 0 Å². The number of halogens is 1. The van der Waals surface area contributed by atoms with Gasteiger partial charge in [0.25, 0.3) is 5.91 Å². The molecule has 0 bridgehead atoms. The highest BCUT2D eigenvalue weighted by Gasteiger charge is 2.20. The average molecular weight is 242 g/mol. The van der Waals surface area contributed by atoms with Crippen LogP contribution in [0.25, 0.3) is 0 Å². The van der Waals surface area contributed by atoms with E-state index in [4.69, 9.17) is 16.7 Å².